The molecule has 0 fully saturated rings. The maximum absolute atomic E-state index is 13.5. The molecule has 0 heterocycles. The highest BCUT2D eigenvalue weighted by atomic mass is 19.1. The lowest BCUT2D eigenvalue weighted by Gasteiger charge is -2.15. The number of methoxy groups -OCH3 is 1. The van der Waals surface area contributed by atoms with Crippen LogP contribution in [0.3, 0.4) is 0 Å². The largest absolute Gasteiger partial charge is 0.494 e. The van der Waals surface area contributed by atoms with Gasteiger partial charge >= 0.3 is 0 Å². The van der Waals surface area contributed by atoms with E-state index in [4.69, 9.17) is 5.73 Å². The van der Waals surface area contributed by atoms with E-state index in [0.29, 0.717) is 0 Å². The Kier molecular flexibility index (Phi) is 3.99. The van der Waals surface area contributed by atoms with Crippen LogP contribution < -0.4 is 15.8 Å². The van der Waals surface area contributed by atoms with E-state index in [2.05, 4.69) is 10.1 Å². The van der Waals surface area contributed by atoms with Crippen LogP contribution in [-0.2, 0) is 0 Å². The lowest BCUT2D eigenvalue weighted by molar-refractivity contribution is 0.380. The van der Waals surface area contributed by atoms with Gasteiger partial charge < -0.3 is 15.8 Å². The molecule has 15 heavy (non-hydrogen) atoms. The van der Waals surface area contributed by atoms with Crippen molar-refractivity contribution in [2.45, 2.75) is 6.04 Å². The highest BCUT2D eigenvalue weighted by Gasteiger charge is 2.16. The van der Waals surface area contributed by atoms with Crippen molar-refractivity contribution in [2.75, 3.05) is 20.7 Å². The van der Waals surface area contributed by atoms with E-state index in [9.17, 15) is 8.78 Å². The predicted molar refractivity (Wildman–Crippen MR) is 53.8 cm³/mol. The molecule has 1 aromatic carbocycles. The molecule has 3 N–H and O–H groups in total. The SMILES string of the molecule is CNC(CN)c1cc(F)c(OC)cc1F. The van der Waals surface area contributed by atoms with Crippen molar-refractivity contribution in [3.8, 4) is 5.75 Å². The Labute approximate surface area is 87.2 Å². The first kappa shape index (κ1) is 11.9. The number of hydrogen-bond acceptors (Lipinski definition) is 3. The van der Waals surface area contributed by atoms with E-state index in [0.717, 1.165) is 12.1 Å². The second-order valence-corrected chi connectivity index (χ2v) is 3.09. The molecule has 0 saturated carbocycles. The molecule has 1 aromatic rings. The van der Waals surface area contributed by atoms with Crippen molar-refractivity contribution in [3.05, 3.63) is 29.3 Å². The number of halogens is 2. The van der Waals surface area contributed by atoms with Gasteiger partial charge in [0.1, 0.15) is 5.82 Å². The maximum atomic E-state index is 13.5. The zero-order valence-corrected chi connectivity index (χ0v) is 8.68. The molecule has 0 amide bonds. The van der Waals surface area contributed by atoms with Gasteiger partial charge in [0.2, 0.25) is 0 Å². The number of nitrogens with one attached hydrogen (secondary N) is 1. The van der Waals surface area contributed by atoms with Gasteiger partial charge in [0.25, 0.3) is 0 Å². The Balaban J connectivity index is 3.14. The summed E-state index contributed by atoms with van der Waals surface area (Å²) in [5, 5.41) is 2.80. The molecule has 0 aliphatic rings. The molecule has 0 aliphatic carbocycles. The number of likely N-dealkylation sites (N-methyl/N-ethyl adjacent to an activating group) is 1. The molecule has 0 aliphatic heterocycles. The van der Waals surface area contributed by atoms with Crippen LogP contribution in [0.1, 0.15) is 11.6 Å². The molecule has 1 rings (SSSR count). The van der Waals surface area contributed by atoms with Crippen LogP contribution >= 0.6 is 0 Å². The molecule has 0 aromatic heterocycles. The van der Waals surface area contributed by atoms with Crippen LogP contribution in [0.25, 0.3) is 0 Å². The lowest BCUT2D eigenvalue weighted by Crippen LogP contribution is -2.25. The van der Waals surface area contributed by atoms with E-state index in [1.54, 1.807) is 7.05 Å². The summed E-state index contributed by atoms with van der Waals surface area (Å²) < 4.78 is 31.5. The fourth-order valence-electron chi connectivity index (χ4n) is 1.37. The summed E-state index contributed by atoms with van der Waals surface area (Å²) in [6, 6.07) is 1.72. The molecule has 1 unspecified atom stereocenters. The minimum absolute atomic E-state index is 0.108. The van der Waals surface area contributed by atoms with Crippen molar-refractivity contribution in [1.29, 1.82) is 0 Å². The minimum atomic E-state index is -0.595. The lowest BCUT2D eigenvalue weighted by atomic mass is 10.1. The van der Waals surface area contributed by atoms with Gasteiger partial charge in [-0.25, -0.2) is 8.78 Å². The first-order chi connectivity index (χ1) is 7.13. The quantitative estimate of drug-likeness (QED) is 0.794. The van der Waals surface area contributed by atoms with E-state index in [1.807, 2.05) is 0 Å². The van der Waals surface area contributed by atoms with Crippen LogP contribution in [0, 0.1) is 11.6 Å². The summed E-state index contributed by atoms with van der Waals surface area (Å²) in [6.45, 7) is 0.194. The maximum Gasteiger partial charge on any atom is 0.165 e. The zero-order valence-electron chi connectivity index (χ0n) is 8.68. The monoisotopic (exact) mass is 216 g/mol. The summed E-state index contributed by atoms with van der Waals surface area (Å²) in [5.41, 5.74) is 5.63. The summed E-state index contributed by atoms with van der Waals surface area (Å²) in [7, 11) is 2.93. The van der Waals surface area contributed by atoms with Gasteiger partial charge in [-0.1, -0.05) is 0 Å². The first-order valence-electron chi connectivity index (χ1n) is 4.54. The number of ether oxygens (including phenoxy) is 1. The van der Waals surface area contributed by atoms with E-state index < -0.39 is 17.7 Å². The Hall–Kier alpha value is -1.20. The smallest absolute Gasteiger partial charge is 0.165 e. The van der Waals surface area contributed by atoms with Gasteiger partial charge in [0.15, 0.2) is 11.6 Å². The third kappa shape index (κ3) is 2.43. The van der Waals surface area contributed by atoms with Gasteiger partial charge in [-0.05, 0) is 13.1 Å². The highest BCUT2D eigenvalue weighted by molar-refractivity contribution is 5.32. The topological polar surface area (TPSA) is 47.3 Å². The Morgan fingerprint density at radius 1 is 1.40 bits per heavy atom. The second kappa shape index (κ2) is 5.04. The van der Waals surface area contributed by atoms with Crippen molar-refractivity contribution in [2.24, 2.45) is 5.73 Å². The zero-order chi connectivity index (χ0) is 11.4. The molecule has 0 bridgehead atoms. The number of nitrogens with two attached hydrogens (primary N) is 1. The third-order valence-electron chi connectivity index (χ3n) is 2.23. The van der Waals surface area contributed by atoms with Gasteiger partial charge in [0, 0.05) is 24.2 Å². The Morgan fingerprint density at radius 2 is 2.07 bits per heavy atom. The molecule has 1 atom stereocenters. The van der Waals surface area contributed by atoms with Gasteiger partial charge in [-0.3, -0.25) is 0 Å². The summed E-state index contributed by atoms with van der Waals surface area (Å²) >= 11 is 0. The molecule has 0 saturated heterocycles. The van der Waals surface area contributed by atoms with Gasteiger partial charge in [-0.2, -0.15) is 0 Å². The standard InChI is InChI=1S/C10H14F2N2O/c1-14-9(5-13)6-3-8(12)10(15-2)4-7(6)11/h3-4,9,14H,5,13H2,1-2H3. The van der Waals surface area contributed by atoms with Crippen molar-refractivity contribution in [1.82, 2.24) is 5.32 Å². The fraction of sp³-hybridized carbons (Fsp3) is 0.400. The van der Waals surface area contributed by atoms with E-state index in [-0.39, 0.29) is 17.9 Å². The van der Waals surface area contributed by atoms with Gasteiger partial charge in [0.05, 0.1) is 7.11 Å². The molecule has 84 valence electrons. The van der Waals surface area contributed by atoms with Crippen molar-refractivity contribution in [3.63, 3.8) is 0 Å². The normalized spacial score (nSPS) is 12.6. The number of benzene rings is 1. The summed E-state index contributed by atoms with van der Waals surface area (Å²) in [4.78, 5) is 0. The molecule has 5 heteroatoms. The summed E-state index contributed by atoms with van der Waals surface area (Å²) in [5.74, 6) is -1.23. The average Bonchev–Trinajstić information content (AvgIpc) is 2.24. The second-order valence-electron chi connectivity index (χ2n) is 3.09. The fourth-order valence-corrected chi connectivity index (χ4v) is 1.37. The van der Waals surface area contributed by atoms with E-state index in [1.165, 1.54) is 7.11 Å². The number of rotatable bonds is 4. The molecule has 3 nitrogen and oxygen atoms in total. The minimum Gasteiger partial charge on any atom is -0.494 e. The van der Waals surface area contributed by atoms with Crippen LogP contribution in [0.2, 0.25) is 0 Å². The van der Waals surface area contributed by atoms with Crippen LogP contribution in [0.4, 0.5) is 8.78 Å². The van der Waals surface area contributed by atoms with Crippen molar-refractivity contribution >= 4 is 0 Å². The van der Waals surface area contributed by atoms with Gasteiger partial charge in [-0.15, -0.1) is 0 Å². The molecular weight excluding hydrogens is 202 g/mol. The molecule has 0 radical (unpaired) electrons. The van der Waals surface area contributed by atoms with Crippen molar-refractivity contribution < 1.29 is 13.5 Å². The highest BCUT2D eigenvalue weighted by Crippen LogP contribution is 2.24. The Bertz CT molecular complexity index is 340. The van der Waals surface area contributed by atoms with Crippen LogP contribution in [0.15, 0.2) is 12.1 Å². The van der Waals surface area contributed by atoms with Crippen LogP contribution in [0.5, 0.6) is 5.75 Å². The predicted octanol–water partition coefficient (Wildman–Crippen LogP) is 1.19. The number of hydrogen-bond donors (Lipinski definition) is 2. The summed E-state index contributed by atoms with van der Waals surface area (Å²) in [6.07, 6.45) is 0. The third-order valence-corrected chi connectivity index (χ3v) is 2.23. The molecular formula is C10H14F2N2O. The first-order valence-corrected chi connectivity index (χ1v) is 4.54. The van der Waals surface area contributed by atoms with Crippen LogP contribution in [-0.4, -0.2) is 20.7 Å². The average molecular weight is 216 g/mol. The van der Waals surface area contributed by atoms with E-state index >= 15 is 0 Å². The Morgan fingerprint density at radius 3 is 2.53 bits per heavy atom. The molecule has 0 spiro atoms.